The Morgan fingerprint density at radius 3 is 1.69 bits per heavy atom. The number of phenols is 1. The maximum absolute atomic E-state index is 11.4. The molecular weight excluding hydrogens is 348 g/mol. The second kappa shape index (κ2) is 13.2. The highest BCUT2D eigenvalue weighted by Gasteiger charge is 2.19. The van der Waals surface area contributed by atoms with E-state index >= 15 is 0 Å². The van der Waals surface area contributed by atoms with Crippen LogP contribution in [0.5, 0.6) is 5.75 Å². The molecule has 0 saturated heterocycles. The van der Waals surface area contributed by atoms with Crippen LogP contribution in [0.3, 0.4) is 0 Å². The largest absolute Gasteiger partial charge is 0.506 e. The Bertz CT molecular complexity index is 596. The average Bonchev–Trinajstić information content (AvgIpc) is 2.58. The molecule has 0 atom stereocenters. The van der Waals surface area contributed by atoms with Gasteiger partial charge in [-0.05, 0) is 24.5 Å². The summed E-state index contributed by atoms with van der Waals surface area (Å²) in [5.74, 6) is -0.375. The number of rotatable bonds is 15. The topological polar surface area (TPSA) is 74.6 Å². The molecule has 1 rings (SSSR count). The summed E-state index contributed by atoms with van der Waals surface area (Å²) in [6.07, 6.45) is 16.9. The first-order valence-electron chi connectivity index (χ1n) is 10.2. The summed E-state index contributed by atoms with van der Waals surface area (Å²) in [7, 11) is -4.38. The predicted octanol–water partition coefficient (Wildman–Crippen LogP) is 6.27. The van der Waals surface area contributed by atoms with Crippen molar-refractivity contribution in [2.24, 2.45) is 0 Å². The van der Waals surface area contributed by atoms with Gasteiger partial charge in [0, 0.05) is 0 Å². The van der Waals surface area contributed by atoms with Crippen molar-refractivity contribution < 1.29 is 18.1 Å². The molecule has 150 valence electrons. The Balaban J connectivity index is 2.09. The van der Waals surface area contributed by atoms with E-state index in [1.807, 2.05) is 0 Å². The molecule has 0 aromatic heterocycles. The van der Waals surface area contributed by atoms with Crippen LogP contribution in [0.1, 0.15) is 96.0 Å². The van der Waals surface area contributed by atoms with Crippen LogP contribution >= 0.6 is 0 Å². The predicted molar refractivity (Wildman–Crippen MR) is 107 cm³/mol. The van der Waals surface area contributed by atoms with Gasteiger partial charge in [-0.15, -0.1) is 0 Å². The third kappa shape index (κ3) is 9.58. The normalized spacial score (nSPS) is 11.8. The summed E-state index contributed by atoms with van der Waals surface area (Å²) < 4.78 is 32.1. The summed E-state index contributed by atoms with van der Waals surface area (Å²) in [5.41, 5.74) is 0.496. The fourth-order valence-corrected chi connectivity index (χ4v) is 4.23. The summed E-state index contributed by atoms with van der Waals surface area (Å²) in [4.78, 5) is -0.334. The van der Waals surface area contributed by atoms with E-state index in [9.17, 15) is 18.1 Å². The van der Waals surface area contributed by atoms with Crippen LogP contribution in [0.2, 0.25) is 0 Å². The van der Waals surface area contributed by atoms with Gasteiger partial charge < -0.3 is 5.11 Å². The van der Waals surface area contributed by atoms with E-state index in [4.69, 9.17) is 0 Å². The number of benzene rings is 1. The molecule has 26 heavy (non-hydrogen) atoms. The van der Waals surface area contributed by atoms with E-state index in [1.54, 1.807) is 12.1 Å². The van der Waals surface area contributed by atoms with Gasteiger partial charge in [0.1, 0.15) is 10.6 Å². The maximum atomic E-state index is 11.4. The van der Waals surface area contributed by atoms with Crippen LogP contribution in [-0.2, 0) is 16.5 Å². The highest BCUT2D eigenvalue weighted by molar-refractivity contribution is 7.86. The summed E-state index contributed by atoms with van der Waals surface area (Å²) in [6.45, 7) is 2.25. The highest BCUT2D eigenvalue weighted by atomic mass is 32.2. The molecule has 1 aromatic carbocycles. The van der Waals surface area contributed by atoms with Crippen molar-refractivity contribution in [1.82, 2.24) is 0 Å². The maximum Gasteiger partial charge on any atom is 0.298 e. The van der Waals surface area contributed by atoms with Crippen molar-refractivity contribution in [3.05, 3.63) is 23.8 Å². The van der Waals surface area contributed by atoms with E-state index in [2.05, 4.69) is 6.92 Å². The molecule has 2 N–H and O–H groups in total. The number of phenolic OH excluding ortho intramolecular Hbond substituents is 1. The van der Waals surface area contributed by atoms with Gasteiger partial charge in [-0.1, -0.05) is 96.1 Å². The van der Waals surface area contributed by atoms with Crippen LogP contribution < -0.4 is 0 Å². The molecule has 1 aromatic rings. The van der Waals surface area contributed by atoms with Crippen molar-refractivity contribution in [3.63, 3.8) is 0 Å². The molecule has 0 saturated carbocycles. The Morgan fingerprint density at radius 1 is 0.769 bits per heavy atom. The number of hydrogen-bond donors (Lipinski definition) is 2. The third-order valence-corrected chi connectivity index (χ3v) is 5.87. The molecule has 5 heteroatoms. The van der Waals surface area contributed by atoms with Gasteiger partial charge in [0.2, 0.25) is 0 Å². The Morgan fingerprint density at radius 2 is 1.23 bits per heavy atom. The zero-order valence-electron chi connectivity index (χ0n) is 16.3. The number of unbranched alkanes of at least 4 members (excludes halogenated alkanes) is 12. The van der Waals surface area contributed by atoms with Gasteiger partial charge in [0.05, 0.1) is 0 Å². The smallest absolute Gasteiger partial charge is 0.298 e. The van der Waals surface area contributed by atoms with Crippen LogP contribution in [-0.4, -0.2) is 18.1 Å². The molecule has 0 radical (unpaired) electrons. The minimum Gasteiger partial charge on any atom is -0.506 e. The molecule has 0 aliphatic heterocycles. The minimum absolute atomic E-state index is 0.334. The van der Waals surface area contributed by atoms with E-state index in [0.29, 0.717) is 12.0 Å². The first kappa shape index (κ1) is 23.0. The lowest BCUT2D eigenvalue weighted by molar-refractivity contribution is 0.440. The lowest BCUT2D eigenvalue weighted by atomic mass is 10.0. The lowest BCUT2D eigenvalue weighted by Gasteiger charge is -2.09. The van der Waals surface area contributed by atoms with E-state index in [0.717, 1.165) is 19.3 Å². The summed E-state index contributed by atoms with van der Waals surface area (Å²) in [5, 5.41) is 9.69. The zero-order valence-corrected chi connectivity index (χ0v) is 17.1. The van der Waals surface area contributed by atoms with E-state index < -0.39 is 10.1 Å². The van der Waals surface area contributed by atoms with Crippen LogP contribution in [0.15, 0.2) is 23.1 Å². The lowest BCUT2D eigenvalue weighted by Crippen LogP contribution is -2.03. The molecule has 0 heterocycles. The third-order valence-electron chi connectivity index (χ3n) is 4.88. The molecule has 0 aliphatic rings. The quantitative estimate of drug-likeness (QED) is 0.276. The molecular formula is C21H36O4S. The molecule has 4 nitrogen and oxygen atoms in total. The molecule has 0 fully saturated rings. The van der Waals surface area contributed by atoms with Gasteiger partial charge in [-0.2, -0.15) is 8.42 Å². The van der Waals surface area contributed by atoms with Gasteiger partial charge in [-0.25, -0.2) is 0 Å². The van der Waals surface area contributed by atoms with Crippen molar-refractivity contribution in [2.45, 2.75) is 102 Å². The van der Waals surface area contributed by atoms with E-state index in [1.165, 1.54) is 70.3 Å². The standard InChI is InChI=1S/C21H36O4S/c1-2-3-4-5-6-7-8-9-10-11-12-13-14-16-19-17-15-18-20(22)21(19)26(23,24)25/h15,17-18,22H,2-14,16H2,1H3,(H,23,24,25). The monoisotopic (exact) mass is 384 g/mol. The fraction of sp³-hybridized carbons (Fsp3) is 0.714. The highest BCUT2D eigenvalue weighted by Crippen LogP contribution is 2.27. The average molecular weight is 385 g/mol. The number of hydrogen-bond acceptors (Lipinski definition) is 3. The van der Waals surface area contributed by atoms with Gasteiger partial charge >= 0.3 is 0 Å². The Kier molecular flexibility index (Phi) is 11.6. The summed E-state index contributed by atoms with van der Waals surface area (Å²) in [6, 6.07) is 4.56. The van der Waals surface area contributed by atoms with Crippen LogP contribution in [0.25, 0.3) is 0 Å². The first-order valence-corrected chi connectivity index (χ1v) is 11.7. The first-order chi connectivity index (χ1) is 12.5. The fourth-order valence-electron chi connectivity index (χ4n) is 3.40. The Hall–Kier alpha value is -1.07. The van der Waals surface area contributed by atoms with Crippen molar-refractivity contribution >= 4 is 10.1 Å². The van der Waals surface area contributed by atoms with E-state index in [-0.39, 0.29) is 10.6 Å². The van der Waals surface area contributed by atoms with Gasteiger partial charge in [-0.3, -0.25) is 4.55 Å². The van der Waals surface area contributed by atoms with Gasteiger partial charge in [0.25, 0.3) is 10.1 Å². The molecule has 0 spiro atoms. The Labute approximate surface area is 159 Å². The second-order valence-corrected chi connectivity index (χ2v) is 8.59. The van der Waals surface area contributed by atoms with Crippen LogP contribution in [0.4, 0.5) is 0 Å². The number of aromatic hydroxyl groups is 1. The van der Waals surface area contributed by atoms with Crippen molar-refractivity contribution in [2.75, 3.05) is 0 Å². The molecule has 0 aliphatic carbocycles. The molecule has 0 unspecified atom stereocenters. The second-order valence-electron chi connectivity index (χ2n) is 7.23. The molecule has 0 bridgehead atoms. The molecule has 0 amide bonds. The van der Waals surface area contributed by atoms with Crippen molar-refractivity contribution in [1.29, 1.82) is 0 Å². The SMILES string of the molecule is CCCCCCCCCCCCCCCc1cccc(O)c1S(=O)(=O)O. The summed E-state index contributed by atoms with van der Waals surface area (Å²) >= 11 is 0. The minimum atomic E-state index is -4.38. The zero-order chi connectivity index (χ0) is 19.3. The van der Waals surface area contributed by atoms with Gasteiger partial charge in [0.15, 0.2) is 0 Å². The van der Waals surface area contributed by atoms with Crippen LogP contribution in [0, 0.1) is 0 Å². The number of aryl methyl sites for hydroxylation is 1. The van der Waals surface area contributed by atoms with Crippen molar-refractivity contribution in [3.8, 4) is 5.75 Å².